The van der Waals surface area contributed by atoms with Gasteiger partial charge >= 0.3 is 0 Å². The Morgan fingerprint density at radius 2 is 1.83 bits per heavy atom. The average Bonchev–Trinajstić information content (AvgIpc) is 2.89. The van der Waals surface area contributed by atoms with E-state index in [1.54, 1.807) is 0 Å². The van der Waals surface area contributed by atoms with E-state index in [0.29, 0.717) is 16.7 Å². The second kappa shape index (κ2) is 5.75. The van der Waals surface area contributed by atoms with Crippen LogP contribution in [0.25, 0.3) is 0 Å². The zero-order chi connectivity index (χ0) is 16.1. The van der Waals surface area contributed by atoms with Crippen molar-refractivity contribution in [3.05, 3.63) is 0 Å². The molecule has 132 valence electrons. The summed E-state index contributed by atoms with van der Waals surface area (Å²) in [5.74, 6) is 2.53. The van der Waals surface area contributed by atoms with Crippen molar-refractivity contribution in [1.29, 1.82) is 0 Å². The largest absolute Gasteiger partial charge is 0.390 e. The van der Waals surface area contributed by atoms with Crippen LogP contribution >= 0.6 is 0 Å². The topological polar surface area (TPSA) is 20.2 Å². The molecule has 0 aromatic rings. The summed E-state index contributed by atoms with van der Waals surface area (Å²) >= 11 is 0. The van der Waals surface area contributed by atoms with E-state index >= 15 is 0 Å². The van der Waals surface area contributed by atoms with E-state index < -0.39 is 0 Å². The maximum absolute atomic E-state index is 11.4. The molecule has 4 fully saturated rings. The van der Waals surface area contributed by atoms with Crippen LogP contribution in [0.5, 0.6) is 0 Å². The van der Waals surface area contributed by atoms with E-state index in [9.17, 15) is 5.11 Å². The second-order valence-corrected chi connectivity index (χ2v) is 10.4. The summed E-state index contributed by atoms with van der Waals surface area (Å²) in [6, 6.07) is 0. The molecule has 0 aliphatic heterocycles. The molecule has 0 amide bonds. The minimum absolute atomic E-state index is 0.292. The van der Waals surface area contributed by atoms with Gasteiger partial charge in [-0.2, -0.15) is 0 Å². The highest BCUT2D eigenvalue weighted by Gasteiger charge is 2.64. The quantitative estimate of drug-likeness (QED) is 0.621. The second-order valence-electron chi connectivity index (χ2n) is 10.4. The van der Waals surface area contributed by atoms with E-state index in [2.05, 4.69) is 13.8 Å². The first-order valence-electron chi connectivity index (χ1n) is 10.7. The molecule has 6 unspecified atom stereocenters. The molecule has 1 nitrogen and oxygen atoms in total. The Morgan fingerprint density at radius 1 is 0.957 bits per heavy atom. The third-order valence-electron chi connectivity index (χ3n) is 8.73. The van der Waals surface area contributed by atoms with E-state index in [4.69, 9.17) is 0 Å². The van der Waals surface area contributed by atoms with Crippen LogP contribution in [0.3, 0.4) is 0 Å². The molecule has 0 heterocycles. The molecule has 0 radical (unpaired) electrons. The normalized spacial score (nSPS) is 52.0. The van der Waals surface area contributed by atoms with Crippen LogP contribution in [0.15, 0.2) is 0 Å². The van der Waals surface area contributed by atoms with Crippen molar-refractivity contribution in [2.75, 3.05) is 0 Å². The van der Waals surface area contributed by atoms with Gasteiger partial charge in [-0.1, -0.05) is 46.0 Å². The van der Waals surface area contributed by atoms with Gasteiger partial charge in [0.1, 0.15) is 0 Å². The van der Waals surface area contributed by atoms with Gasteiger partial charge in [-0.3, -0.25) is 0 Å². The summed E-state index contributed by atoms with van der Waals surface area (Å²) in [4.78, 5) is 0. The van der Waals surface area contributed by atoms with Crippen LogP contribution < -0.4 is 0 Å². The maximum Gasteiger partial charge on any atom is 0.0684 e. The third-order valence-corrected chi connectivity index (χ3v) is 8.73. The van der Waals surface area contributed by atoms with Crippen LogP contribution in [-0.2, 0) is 0 Å². The van der Waals surface area contributed by atoms with Crippen LogP contribution in [0.1, 0.15) is 104 Å². The fraction of sp³-hybridized carbons (Fsp3) is 1.00. The van der Waals surface area contributed by atoms with Crippen molar-refractivity contribution in [1.82, 2.24) is 0 Å². The van der Waals surface area contributed by atoms with Crippen LogP contribution in [0.2, 0.25) is 0 Å². The predicted octanol–water partition coefficient (Wildman–Crippen LogP) is 6.09. The number of unbranched alkanes of at least 4 members (excludes halogenated alkanes) is 2. The van der Waals surface area contributed by atoms with Crippen LogP contribution in [0.4, 0.5) is 0 Å². The lowest BCUT2D eigenvalue weighted by Crippen LogP contribution is -2.57. The summed E-state index contributed by atoms with van der Waals surface area (Å²) in [7, 11) is 0. The Labute approximate surface area is 143 Å². The van der Waals surface area contributed by atoms with Gasteiger partial charge in [0.05, 0.1) is 5.60 Å². The zero-order valence-electron chi connectivity index (χ0n) is 15.6. The van der Waals surface area contributed by atoms with Gasteiger partial charge in [-0.05, 0) is 86.4 Å². The molecular formula is C22H38O. The molecule has 4 saturated carbocycles. The van der Waals surface area contributed by atoms with Crippen molar-refractivity contribution in [2.24, 2.45) is 28.6 Å². The van der Waals surface area contributed by atoms with Crippen LogP contribution in [-0.4, -0.2) is 10.7 Å². The highest BCUT2D eigenvalue weighted by Crippen LogP contribution is 2.70. The smallest absolute Gasteiger partial charge is 0.0684 e. The molecular weight excluding hydrogens is 280 g/mol. The first-order valence-corrected chi connectivity index (χ1v) is 10.7. The Hall–Kier alpha value is -0.0400. The fourth-order valence-electron chi connectivity index (χ4n) is 7.56. The van der Waals surface area contributed by atoms with Gasteiger partial charge in [0.25, 0.3) is 0 Å². The monoisotopic (exact) mass is 318 g/mol. The van der Waals surface area contributed by atoms with E-state index in [-0.39, 0.29) is 5.60 Å². The molecule has 1 heteroatoms. The molecule has 1 N–H and O–H groups in total. The van der Waals surface area contributed by atoms with Gasteiger partial charge in [0.15, 0.2) is 0 Å². The zero-order valence-corrected chi connectivity index (χ0v) is 15.6. The lowest BCUT2D eigenvalue weighted by molar-refractivity contribution is -0.171. The van der Waals surface area contributed by atoms with E-state index in [1.807, 2.05) is 0 Å². The van der Waals surface area contributed by atoms with E-state index in [1.165, 1.54) is 77.0 Å². The molecule has 4 rings (SSSR count). The van der Waals surface area contributed by atoms with Gasteiger partial charge in [0.2, 0.25) is 0 Å². The summed E-state index contributed by atoms with van der Waals surface area (Å²) in [5, 5.41) is 11.4. The minimum Gasteiger partial charge on any atom is -0.390 e. The molecule has 0 aromatic carbocycles. The molecule has 23 heavy (non-hydrogen) atoms. The molecule has 4 aliphatic rings. The van der Waals surface area contributed by atoms with Gasteiger partial charge in [-0.15, -0.1) is 0 Å². The summed E-state index contributed by atoms with van der Waals surface area (Å²) in [6.45, 7) is 4.79. The lowest BCUT2D eigenvalue weighted by atomic mass is 9.47. The van der Waals surface area contributed by atoms with Crippen molar-refractivity contribution in [3.63, 3.8) is 0 Å². The average molecular weight is 319 g/mol. The molecule has 1 spiro atoms. The minimum atomic E-state index is -0.292. The predicted molar refractivity (Wildman–Crippen MR) is 96.3 cm³/mol. The fourth-order valence-corrected chi connectivity index (χ4v) is 7.56. The van der Waals surface area contributed by atoms with E-state index in [0.717, 1.165) is 24.7 Å². The molecule has 4 aliphatic carbocycles. The number of hydrogen-bond donors (Lipinski definition) is 1. The molecule has 2 bridgehead atoms. The Bertz CT molecular complexity index is 445. The summed E-state index contributed by atoms with van der Waals surface area (Å²) in [5.41, 5.74) is 0.815. The molecule has 6 atom stereocenters. The number of aliphatic hydroxyl groups is 1. The standard InChI is InChI=1S/C22H38O/c1-3-4-5-7-17-8-13-21(14-17)15-19-18(21)9-12-20(2)10-6-11-22(19,23)16-20/h17-19,23H,3-16H2,1-2H3. The molecule has 0 saturated heterocycles. The van der Waals surface area contributed by atoms with Crippen molar-refractivity contribution >= 4 is 0 Å². The summed E-state index contributed by atoms with van der Waals surface area (Å²) < 4.78 is 0. The highest BCUT2D eigenvalue weighted by molar-refractivity contribution is 5.14. The lowest BCUT2D eigenvalue weighted by Gasteiger charge is -2.59. The SMILES string of the molecule is CCCCCC1CCC2(C1)CC1C2CCC2(C)CCCC1(O)C2. The number of fused-ring (bicyclic) bond motifs is 5. The Kier molecular flexibility index (Phi) is 4.11. The maximum atomic E-state index is 11.4. The third kappa shape index (κ3) is 2.70. The van der Waals surface area contributed by atoms with Crippen molar-refractivity contribution in [3.8, 4) is 0 Å². The Balaban J connectivity index is 1.45. The molecule has 0 aromatic heterocycles. The van der Waals surface area contributed by atoms with Crippen molar-refractivity contribution in [2.45, 2.75) is 109 Å². The van der Waals surface area contributed by atoms with Crippen molar-refractivity contribution < 1.29 is 5.11 Å². The first-order chi connectivity index (χ1) is 11.0. The van der Waals surface area contributed by atoms with Gasteiger partial charge in [0, 0.05) is 0 Å². The van der Waals surface area contributed by atoms with Gasteiger partial charge in [-0.25, -0.2) is 0 Å². The van der Waals surface area contributed by atoms with Gasteiger partial charge < -0.3 is 5.11 Å². The number of hydrogen-bond acceptors (Lipinski definition) is 1. The first kappa shape index (κ1) is 16.4. The highest BCUT2D eigenvalue weighted by atomic mass is 16.3. The Morgan fingerprint density at radius 3 is 2.65 bits per heavy atom. The van der Waals surface area contributed by atoms with Crippen LogP contribution in [0, 0.1) is 28.6 Å². The number of rotatable bonds is 4. The summed E-state index contributed by atoms with van der Waals surface area (Å²) in [6.07, 6.45) is 19.2.